The fourth-order valence-electron chi connectivity index (χ4n) is 8.93. The van der Waals surface area contributed by atoms with Crippen molar-refractivity contribution in [3.8, 4) is 0 Å². The normalized spacial score (nSPS) is 53.7. The van der Waals surface area contributed by atoms with Gasteiger partial charge in [-0.15, -0.1) is 0 Å². The number of aliphatic hydroxyl groups excluding tert-OH is 1. The highest BCUT2D eigenvalue weighted by molar-refractivity contribution is 6.02. The van der Waals surface area contributed by atoms with Crippen molar-refractivity contribution in [3.63, 3.8) is 0 Å². The number of carbonyl (C=O) groups excluding carboxylic acids is 1. The standard InChI is InChI=1S/C27H39NO3/c1-14-11-21-24(28-13-14)16(3)27(31-21)10-8-19-20-6-5-17-12-18(29)7-9-26(17,4)23(20)25(30)22(19)15(27)2/h5,14,16,18-21,23-24,28-29H,6-13H2,1-4H3/t14-,16+,18-,19-,20?,21?,23+,24-,26-,27-/m0/s1. The molecule has 0 radical (unpaired) electrons. The van der Waals surface area contributed by atoms with Gasteiger partial charge in [-0.05, 0) is 87.2 Å². The molecule has 2 saturated carbocycles. The zero-order chi connectivity index (χ0) is 21.7. The number of fused-ring (bicyclic) bond motifs is 6. The van der Waals surface area contributed by atoms with Crippen LogP contribution in [0.3, 0.4) is 0 Å². The Kier molecular flexibility index (Phi) is 4.51. The molecule has 1 spiro atoms. The summed E-state index contributed by atoms with van der Waals surface area (Å²) in [6.07, 6.45) is 9.23. The first kappa shape index (κ1) is 20.6. The van der Waals surface area contributed by atoms with Gasteiger partial charge in [-0.25, -0.2) is 0 Å². The average Bonchev–Trinajstić information content (AvgIpc) is 3.18. The predicted molar refractivity (Wildman–Crippen MR) is 120 cm³/mol. The Balaban J connectivity index is 1.39. The molecule has 2 unspecified atom stereocenters. The molecule has 2 N–H and O–H groups in total. The van der Waals surface area contributed by atoms with E-state index in [4.69, 9.17) is 4.74 Å². The van der Waals surface area contributed by atoms with Gasteiger partial charge in [-0.1, -0.05) is 32.4 Å². The van der Waals surface area contributed by atoms with Crippen molar-refractivity contribution in [1.82, 2.24) is 5.32 Å². The largest absolute Gasteiger partial charge is 0.393 e. The molecular weight excluding hydrogens is 386 g/mol. The van der Waals surface area contributed by atoms with Gasteiger partial charge >= 0.3 is 0 Å². The minimum absolute atomic E-state index is 0.0653. The number of nitrogens with one attached hydrogen (secondary N) is 1. The third kappa shape index (κ3) is 2.62. The number of aliphatic hydroxyl groups is 1. The third-order valence-corrected chi connectivity index (χ3v) is 10.6. The molecule has 0 aromatic heterocycles. The van der Waals surface area contributed by atoms with Gasteiger partial charge in [-0.2, -0.15) is 0 Å². The van der Waals surface area contributed by atoms with Crippen LogP contribution in [0.15, 0.2) is 22.8 Å². The van der Waals surface area contributed by atoms with E-state index in [1.807, 2.05) is 0 Å². The molecule has 4 heteroatoms. The zero-order valence-electron chi connectivity index (χ0n) is 19.6. The van der Waals surface area contributed by atoms with E-state index in [2.05, 4.69) is 39.1 Å². The first-order valence-electron chi connectivity index (χ1n) is 12.8. The number of ketones is 1. The van der Waals surface area contributed by atoms with E-state index in [0.717, 1.165) is 57.1 Å². The average molecular weight is 426 g/mol. The van der Waals surface area contributed by atoms with Crippen molar-refractivity contribution in [2.75, 3.05) is 6.54 Å². The Morgan fingerprint density at radius 3 is 2.84 bits per heavy atom. The van der Waals surface area contributed by atoms with Crippen LogP contribution in [0.4, 0.5) is 0 Å². The summed E-state index contributed by atoms with van der Waals surface area (Å²) in [5.41, 5.74) is 3.43. The SMILES string of the molecule is CC1=C2C(=O)[C@H]3C(CC=C4C[C@@H](O)CC[C@@]43C)[C@@H]2CC[C@]12OC1C[C@H](C)CN[C@H]1[C@H]2C. The number of carbonyl (C=O) groups is 1. The Bertz CT molecular complexity index is 876. The van der Waals surface area contributed by atoms with E-state index in [1.54, 1.807) is 0 Å². The van der Waals surface area contributed by atoms with Crippen LogP contribution in [0.1, 0.15) is 72.6 Å². The molecule has 6 rings (SSSR count). The van der Waals surface area contributed by atoms with Gasteiger partial charge in [0.05, 0.1) is 17.8 Å². The quantitative estimate of drug-likeness (QED) is 0.572. The molecule has 170 valence electrons. The van der Waals surface area contributed by atoms with E-state index in [0.29, 0.717) is 35.5 Å². The van der Waals surface area contributed by atoms with Crippen molar-refractivity contribution in [2.45, 2.75) is 96.5 Å². The van der Waals surface area contributed by atoms with Crippen molar-refractivity contribution in [2.24, 2.45) is 35.0 Å². The Labute approximate surface area is 186 Å². The van der Waals surface area contributed by atoms with Gasteiger partial charge in [-0.3, -0.25) is 4.79 Å². The monoisotopic (exact) mass is 425 g/mol. The summed E-state index contributed by atoms with van der Waals surface area (Å²) < 4.78 is 6.93. The number of Topliss-reactive ketones (excluding diaryl/α,β-unsaturated/α-hetero) is 1. The summed E-state index contributed by atoms with van der Waals surface area (Å²) in [6.45, 7) is 10.3. The van der Waals surface area contributed by atoms with Crippen LogP contribution in [0.2, 0.25) is 0 Å². The number of ether oxygens (including phenoxy) is 1. The maximum absolute atomic E-state index is 14.1. The predicted octanol–water partition coefficient (Wildman–Crippen LogP) is 4.18. The summed E-state index contributed by atoms with van der Waals surface area (Å²) in [5, 5.41) is 14.0. The summed E-state index contributed by atoms with van der Waals surface area (Å²) in [5.74, 6) is 2.41. The molecule has 10 atom stereocenters. The van der Waals surface area contributed by atoms with E-state index in [-0.39, 0.29) is 29.1 Å². The van der Waals surface area contributed by atoms with E-state index in [1.165, 1.54) is 11.1 Å². The first-order chi connectivity index (χ1) is 14.8. The van der Waals surface area contributed by atoms with Crippen LogP contribution in [0.25, 0.3) is 0 Å². The van der Waals surface area contributed by atoms with Crippen LogP contribution in [0.5, 0.6) is 0 Å². The van der Waals surface area contributed by atoms with Crippen LogP contribution in [-0.2, 0) is 9.53 Å². The number of rotatable bonds is 0. The van der Waals surface area contributed by atoms with Crippen molar-refractivity contribution in [3.05, 3.63) is 22.8 Å². The van der Waals surface area contributed by atoms with Crippen molar-refractivity contribution >= 4 is 5.78 Å². The summed E-state index contributed by atoms with van der Waals surface area (Å²) in [6, 6.07) is 0.410. The molecule has 2 saturated heterocycles. The lowest BCUT2D eigenvalue weighted by Crippen LogP contribution is -2.49. The molecule has 4 aliphatic carbocycles. The summed E-state index contributed by atoms with van der Waals surface area (Å²) >= 11 is 0. The highest BCUT2D eigenvalue weighted by atomic mass is 16.5. The molecule has 0 bridgehead atoms. The second-order valence-electron chi connectivity index (χ2n) is 12.1. The van der Waals surface area contributed by atoms with Gasteiger partial charge in [0.25, 0.3) is 0 Å². The minimum Gasteiger partial charge on any atom is -0.393 e. The fraction of sp³-hybridized carbons (Fsp3) is 0.815. The maximum Gasteiger partial charge on any atom is 0.163 e. The van der Waals surface area contributed by atoms with Crippen LogP contribution in [-0.4, -0.2) is 41.3 Å². The van der Waals surface area contributed by atoms with Gasteiger partial charge in [0, 0.05) is 23.5 Å². The Morgan fingerprint density at radius 1 is 1.23 bits per heavy atom. The topological polar surface area (TPSA) is 58.6 Å². The number of hydrogen-bond donors (Lipinski definition) is 2. The van der Waals surface area contributed by atoms with Crippen molar-refractivity contribution < 1.29 is 14.6 Å². The summed E-state index contributed by atoms with van der Waals surface area (Å²) in [4.78, 5) is 14.1. The molecular formula is C27H39NO3. The van der Waals surface area contributed by atoms with Crippen LogP contribution >= 0.6 is 0 Å². The Hall–Kier alpha value is -0.970. The summed E-state index contributed by atoms with van der Waals surface area (Å²) in [7, 11) is 0. The molecule has 6 aliphatic rings. The third-order valence-electron chi connectivity index (χ3n) is 10.6. The first-order valence-corrected chi connectivity index (χ1v) is 12.8. The van der Waals surface area contributed by atoms with Crippen LogP contribution < -0.4 is 5.32 Å². The van der Waals surface area contributed by atoms with E-state index >= 15 is 0 Å². The molecule has 0 aromatic rings. The molecule has 0 amide bonds. The highest BCUT2D eigenvalue weighted by Gasteiger charge is 2.63. The number of hydrogen-bond acceptors (Lipinski definition) is 4. The lowest BCUT2D eigenvalue weighted by Gasteiger charge is -2.48. The molecule has 0 aromatic carbocycles. The smallest absolute Gasteiger partial charge is 0.163 e. The maximum atomic E-state index is 14.1. The van der Waals surface area contributed by atoms with E-state index in [9.17, 15) is 9.90 Å². The molecule has 2 heterocycles. The van der Waals surface area contributed by atoms with Crippen LogP contribution in [0, 0.1) is 35.0 Å². The molecule has 2 aliphatic heterocycles. The molecule has 31 heavy (non-hydrogen) atoms. The van der Waals surface area contributed by atoms with E-state index < -0.39 is 0 Å². The Morgan fingerprint density at radius 2 is 2.03 bits per heavy atom. The zero-order valence-corrected chi connectivity index (χ0v) is 19.6. The number of piperidine rings is 1. The van der Waals surface area contributed by atoms with Gasteiger partial charge in [0.2, 0.25) is 0 Å². The lowest BCUT2D eigenvalue weighted by molar-refractivity contribution is -0.123. The lowest BCUT2D eigenvalue weighted by atomic mass is 9.56. The highest BCUT2D eigenvalue weighted by Crippen LogP contribution is 2.63. The van der Waals surface area contributed by atoms with Gasteiger partial charge in [0.1, 0.15) is 0 Å². The second kappa shape index (κ2) is 6.77. The molecule has 4 nitrogen and oxygen atoms in total. The second-order valence-corrected chi connectivity index (χ2v) is 12.1. The van der Waals surface area contributed by atoms with Gasteiger partial charge < -0.3 is 15.2 Å². The van der Waals surface area contributed by atoms with Gasteiger partial charge in [0.15, 0.2) is 5.78 Å². The fourth-order valence-corrected chi connectivity index (χ4v) is 8.93. The minimum atomic E-state index is -0.263. The van der Waals surface area contributed by atoms with Crippen molar-refractivity contribution in [1.29, 1.82) is 0 Å². The molecule has 4 fully saturated rings. The number of allylic oxidation sites excluding steroid dienone is 2.